The van der Waals surface area contributed by atoms with E-state index in [0.29, 0.717) is 38.5 Å². The molecule has 1 aliphatic rings. The molecule has 1 aromatic rings. The van der Waals surface area contributed by atoms with Gasteiger partial charge in [0, 0.05) is 26.2 Å². The minimum atomic E-state index is -0.615. The summed E-state index contributed by atoms with van der Waals surface area (Å²) in [7, 11) is 1.46. The van der Waals surface area contributed by atoms with E-state index in [0.717, 1.165) is 0 Å². The van der Waals surface area contributed by atoms with Gasteiger partial charge in [-0.25, -0.2) is 9.59 Å². The lowest BCUT2D eigenvalue weighted by Crippen LogP contribution is -2.51. The molecule has 0 aromatic heterocycles. The molecule has 2 rings (SSSR count). The zero-order valence-electron chi connectivity index (χ0n) is 14.4. The third-order valence-corrected chi connectivity index (χ3v) is 3.81. The van der Waals surface area contributed by atoms with Crippen molar-refractivity contribution in [1.82, 2.24) is 9.80 Å². The van der Waals surface area contributed by atoms with Crippen molar-refractivity contribution in [3.05, 3.63) is 29.8 Å². The summed E-state index contributed by atoms with van der Waals surface area (Å²) >= 11 is 0. The molecule has 0 unspecified atom stereocenters. The molecule has 1 saturated heterocycles. The van der Waals surface area contributed by atoms with E-state index in [-0.39, 0.29) is 24.2 Å². The van der Waals surface area contributed by atoms with Crippen LogP contribution in [0.15, 0.2) is 24.3 Å². The number of ether oxygens (including phenoxy) is 3. The van der Waals surface area contributed by atoms with Crippen molar-refractivity contribution in [3.63, 3.8) is 0 Å². The SMILES string of the molecule is CCOC(=O)N1CCN(C(=O)COC(=O)c2ccccc2OC)CC1. The molecular formula is C17H22N2O6. The summed E-state index contributed by atoms with van der Waals surface area (Å²) in [5.74, 6) is -0.522. The van der Waals surface area contributed by atoms with Gasteiger partial charge in [-0.15, -0.1) is 0 Å². The Morgan fingerprint density at radius 1 is 1.00 bits per heavy atom. The molecule has 0 N–H and O–H groups in total. The predicted molar refractivity (Wildman–Crippen MR) is 88.5 cm³/mol. The molecule has 0 spiro atoms. The maximum atomic E-state index is 12.2. The Morgan fingerprint density at radius 3 is 2.28 bits per heavy atom. The number of carbonyl (C=O) groups is 3. The van der Waals surface area contributed by atoms with Crippen LogP contribution in [-0.4, -0.2) is 74.3 Å². The maximum Gasteiger partial charge on any atom is 0.409 e. The Labute approximate surface area is 146 Å². The lowest BCUT2D eigenvalue weighted by atomic mass is 10.2. The van der Waals surface area contributed by atoms with Gasteiger partial charge in [0.2, 0.25) is 0 Å². The van der Waals surface area contributed by atoms with Gasteiger partial charge in [-0.2, -0.15) is 0 Å². The van der Waals surface area contributed by atoms with E-state index >= 15 is 0 Å². The number of rotatable bonds is 5. The third kappa shape index (κ3) is 4.85. The molecule has 8 heteroatoms. The molecule has 0 bridgehead atoms. The lowest BCUT2D eigenvalue weighted by Gasteiger charge is -2.33. The lowest BCUT2D eigenvalue weighted by molar-refractivity contribution is -0.136. The monoisotopic (exact) mass is 350 g/mol. The van der Waals surface area contributed by atoms with Crippen LogP contribution in [0, 0.1) is 0 Å². The van der Waals surface area contributed by atoms with Crippen LogP contribution in [0.2, 0.25) is 0 Å². The maximum absolute atomic E-state index is 12.2. The first-order valence-electron chi connectivity index (χ1n) is 8.06. The van der Waals surface area contributed by atoms with E-state index in [2.05, 4.69) is 0 Å². The zero-order valence-corrected chi connectivity index (χ0v) is 14.4. The van der Waals surface area contributed by atoms with Crippen molar-refractivity contribution in [1.29, 1.82) is 0 Å². The van der Waals surface area contributed by atoms with Crippen LogP contribution >= 0.6 is 0 Å². The number of hydrogen-bond donors (Lipinski definition) is 0. The van der Waals surface area contributed by atoms with Gasteiger partial charge < -0.3 is 24.0 Å². The molecular weight excluding hydrogens is 328 g/mol. The number of nitrogens with zero attached hydrogens (tertiary/aromatic N) is 2. The average Bonchev–Trinajstić information content (AvgIpc) is 2.66. The summed E-state index contributed by atoms with van der Waals surface area (Å²) < 4.78 is 15.1. The second-order valence-electron chi connectivity index (χ2n) is 5.34. The summed E-state index contributed by atoms with van der Waals surface area (Å²) in [6.07, 6.45) is -0.378. The Hall–Kier alpha value is -2.77. The highest BCUT2D eigenvalue weighted by molar-refractivity contribution is 5.94. The van der Waals surface area contributed by atoms with Gasteiger partial charge in [-0.3, -0.25) is 4.79 Å². The number of benzene rings is 1. The number of piperazine rings is 1. The second-order valence-corrected chi connectivity index (χ2v) is 5.34. The van der Waals surface area contributed by atoms with Crippen molar-refractivity contribution in [2.75, 3.05) is 46.5 Å². The largest absolute Gasteiger partial charge is 0.496 e. The van der Waals surface area contributed by atoms with Crippen LogP contribution in [0.5, 0.6) is 5.75 Å². The van der Waals surface area contributed by atoms with Crippen molar-refractivity contribution < 1.29 is 28.6 Å². The summed E-state index contributed by atoms with van der Waals surface area (Å²) in [5.41, 5.74) is 0.268. The molecule has 0 atom stereocenters. The van der Waals surface area contributed by atoms with Crippen molar-refractivity contribution >= 4 is 18.0 Å². The fourth-order valence-electron chi connectivity index (χ4n) is 2.46. The zero-order chi connectivity index (χ0) is 18.2. The standard InChI is InChI=1S/C17H22N2O6/c1-3-24-17(22)19-10-8-18(9-11-19)15(20)12-25-16(21)13-6-4-5-7-14(13)23-2/h4-7H,3,8-12H2,1-2H3. The van der Waals surface area contributed by atoms with E-state index in [9.17, 15) is 14.4 Å². The minimum absolute atomic E-state index is 0.268. The smallest absolute Gasteiger partial charge is 0.409 e. The first-order chi connectivity index (χ1) is 12.1. The van der Waals surface area contributed by atoms with E-state index < -0.39 is 5.97 Å². The molecule has 1 fully saturated rings. The molecule has 2 amide bonds. The van der Waals surface area contributed by atoms with Crippen molar-refractivity contribution in [2.24, 2.45) is 0 Å². The summed E-state index contributed by atoms with van der Waals surface area (Å²) in [4.78, 5) is 39.0. The van der Waals surface area contributed by atoms with Crippen LogP contribution in [0.1, 0.15) is 17.3 Å². The quantitative estimate of drug-likeness (QED) is 0.741. The minimum Gasteiger partial charge on any atom is -0.496 e. The highest BCUT2D eigenvalue weighted by atomic mass is 16.6. The van der Waals surface area contributed by atoms with E-state index in [1.807, 2.05) is 0 Å². The van der Waals surface area contributed by atoms with E-state index in [1.165, 1.54) is 7.11 Å². The summed E-state index contributed by atoms with van der Waals surface area (Å²) in [5, 5.41) is 0. The van der Waals surface area contributed by atoms with Crippen LogP contribution < -0.4 is 4.74 Å². The van der Waals surface area contributed by atoms with Gasteiger partial charge in [0.05, 0.1) is 13.7 Å². The molecule has 136 valence electrons. The molecule has 0 aliphatic carbocycles. The topological polar surface area (TPSA) is 85.4 Å². The van der Waals surface area contributed by atoms with Crippen molar-refractivity contribution in [2.45, 2.75) is 6.92 Å². The number of amides is 2. The van der Waals surface area contributed by atoms with Gasteiger partial charge in [0.1, 0.15) is 11.3 Å². The number of methoxy groups -OCH3 is 1. The molecule has 1 aromatic carbocycles. The Balaban J connectivity index is 1.81. The Morgan fingerprint density at radius 2 is 1.64 bits per heavy atom. The summed E-state index contributed by atoms with van der Waals surface area (Å²) in [6, 6.07) is 6.65. The van der Waals surface area contributed by atoms with Gasteiger partial charge in [-0.1, -0.05) is 12.1 Å². The normalized spacial score (nSPS) is 14.0. The summed E-state index contributed by atoms with van der Waals surface area (Å²) in [6.45, 7) is 3.25. The van der Waals surface area contributed by atoms with E-state index in [1.54, 1.807) is 41.0 Å². The fraction of sp³-hybridized carbons (Fsp3) is 0.471. The fourth-order valence-corrected chi connectivity index (χ4v) is 2.46. The molecule has 0 radical (unpaired) electrons. The second kappa shape index (κ2) is 8.91. The Kier molecular flexibility index (Phi) is 6.62. The van der Waals surface area contributed by atoms with Crippen LogP contribution in [0.3, 0.4) is 0 Å². The number of carbonyl (C=O) groups excluding carboxylic acids is 3. The number of para-hydroxylation sites is 1. The van der Waals surface area contributed by atoms with Gasteiger partial charge in [0.25, 0.3) is 5.91 Å². The molecule has 1 aliphatic heterocycles. The first kappa shape index (κ1) is 18.6. The van der Waals surface area contributed by atoms with Crippen LogP contribution in [0.25, 0.3) is 0 Å². The van der Waals surface area contributed by atoms with Crippen molar-refractivity contribution in [3.8, 4) is 5.75 Å². The van der Waals surface area contributed by atoms with E-state index in [4.69, 9.17) is 14.2 Å². The molecule has 0 saturated carbocycles. The number of hydrogen-bond acceptors (Lipinski definition) is 6. The predicted octanol–water partition coefficient (Wildman–Crippen LogP) is 1.15. The highest BCUT2D eigenvalue weighted by Crippen LogP contribution is 2.18. The van der Waals surface area contributed by atoms with Crippen LogP contribution in [-0.2, 0) is 14.3 Å². The van der Waals surface area contributed by atoms with Gasteiger partial charge >= 0.3 is 12.1 Å². The Bertz CT molecular complexity index is 625. The highest BCUT2D eigenvalue weighted by Gasteiger charge is 2.25. The molecule has 25 heavy (non-hydrogen) atoms. The average molecular weight is 350 g/mol. The van der Waals surface area contributed by atoms with Crippen LogP contribution in [0.4, 0.5) is 4.79 Å². The number of esters is 1. The van der Waals surface area contributed by atoms with Gasteiger partial charge in [0.15, 0.2) is 6.61 Å². The first-order valence-corrected chi connectivity index (χ1v) is 8.06. The molecule has 8 nitrogen and oxygen atoms in total. The van der Waals surface area contributed by atoms with Gasteiger partial charge in [-0.05, 0) is 19.1 Å². The third-order valence-electron chi connectivity index (χ3n) is 3.81. The molecule has 1 heterocycles.